The van der Waals surface area contributed by atoms with Gasteiger partial charge in [0.05, 0.1) is 26.0 Å². The number of barbiturate groups is 1. The Hall–Kier alpha value is -3.55. The number of hydrogen-bond donors (Lipinski definition) is 1. The van der Waals surface area contributed by atoms with Crippen LogP contribution in [0.4, 0.5) is 4.79 Å². The third-order valence-electron chi connectivity index (χ3n) is 4.50. The van der Waals surface area contributed by atoms with Crippen LogP contribution in [0.15, 0.2) is 46.6 Å². The summed E-state index contributed by atoms with van der Waals surface area (Å²) in [5, 5.41) is 2.19. The highest BCUT2D eigenvalue weighted by atomic mass is 16.5. The molecule has 0 spiro atoms. The number of amides is 4. The van der Waals surface area contributed by atoms with Gasteiger partial charge in [-0.15, -0.1) is 0 Å². The number of ether oxygens (including phenoxy) is 2. The van der Waals surface area contributed by atoms with E-state index in [1.807, 2.05) is 13.8 Å². The van der Waals surface area contributed by atoms with Crippen molar-refractivity contribution in [1.29, 1.82) is 0 Å². The predicted octanol–water partition coefficient (Wildman–Crippen LogP) is 3.13. The lowest BCUT2D eigenvalue weighted by atomic mass is 10.1. The molecule has 29 heavy (non-hydrogen) atoms. The maximum atomic E-state index is 12.9. The van der Waals surface area contributed by atoms with Crippen molar-refractivity contribution >= 4 is 23.9 Å². The van der Waals surface area contributed by atoms with E-state index in [9.17, 15) is 14.4 Å². The third-order valence-corrected chi connectivity index (χ3v) is 4.50. The number of hydrogen-bond acceptors (Lipinski definition) is 6. The van der Waals surface area contributed by atoms with Crippen LogP contribution < -0.4 is 14.8 Å². The second-order valence-corrected chi connectivity index (χ2v) is 6.50. The number of rotatable bonds is 7. The Labute approximate surface area is 168 Å². The summed E-state index contributed by atoms with van der Waals surface area (Å²) in [7, 11) is 1.51. The molecule has 8 nitrogen and oxygen atoms in total. The number of nitrogens with one attached hydrogen (secondary N) is 1. The number of furan rings is 1. The highest BCUT2D eigenvalue weighted by Crippen LogP contribution is 2.34. The summed E-state index contributed by atoms with van der Waals surface area (Å²) in [6, 6.07) is 7.66. The molecule has 1 aromatic heterocycles. The molecular weight excluding hydrogens is 376 g/mol. The Morgan fingerprint density at radius 1 is 1.21 bits per heavy atom. The van der Waals surface area contributed by atoms with Gasteiger partial charge in [0.2, 0.25) is 0 Å². The van der Waals surface area contributed by atoms with Crippen LogP contribution in [0.25, 0.3) is 6.08 Å². The van der Waals surface area contributed by atoms with Gasteiger partial charge in [0.15, 0.2) is 11.5 Å². The van der Waals surface area contributed by atoms with Crippen LogP contribution >= 0.6 is 0 Å². The average Bonchev–Trinajstić information content (AvgIpc) is 3.22. The van der Waals surface area contributed by atoms with Crippen LogP contribution in [-0.4, -0.2) is 36.0 Å². The highest BCUT2D eigenvalue weighted by molar-refractivity contribution is 6.31. The molecular formula is C21H22N2O6. The van der Waals surface area contributed by atoms with Crippen LogP contribution in [0.5, 0.6) is 11.5 Å². The van der Waals surface area contributed by atoms with Crippen molar-refractivity contribution in [3.05, 3.63) is 53.5 Å². The fourth-order valence-electron chi connectivity index (χ4n) is 2.77. The fraction of sp³-hybridized carbons (Fsp3) is 0.286. The quantitative estimate of drug-likeness (QED) is 0.568. The summed E-state index contributed by atoms with van der Waals surface area (Å²) in [6.45, 7) is 3.80. The van der Waals surface area contributed by atoms with Crippen molar-refractivity contribution in [3.8, 4) is 11.5 Å². The van der Waals surface area contributed by atoms with Gasteiger partial charge in [0.25, 0.3) is 11.8 Å². The van der Waals surface area contributed by atoms with Crippen LogP contribution in [0.3, 0.4) is 0 Å². The normalized spacial score (nSPS) is 16.7. The zero-order chi connectivity index (χ0) is 21.0. The minimum Gasteiger partial charge on any atom is -0.493 e. The second-order valence-electron chi connectivity index (χ2n) is 6.50. The van der Waals surface area contributed by atoms with E-state index in [4.69, 9.17) is 13.9 Å². The monoisotopic (exact) mass is 398 g/mol. The molecule has 2 heterocycles. The zero-order valence-electron chi connectivity index (χ0n) is 16.4. The van der Waals surface area contributed by atoms with Gasteiger partial charge >= 0.3 is 6.03 Å². The summed E-state index contributed by atoms with van der Waals surface area (Å²) in [5.41, 5.74) is 0.314. The van der Waals surface area contributed by atoms with Crippen LogP contribution in [-0.2, 0) is 16.1 Å². The molecule has 3 rings (SSSR count). The van der Waals surface area contributed by atoms with E-state index in [1.165, 1.54) is 19.4 Å². The molecule has 4 amide bonds. The topological polar surface area (TPSA) is 98.1 Å². The lowest BCUT2D eigenvalue weighted by molar-refractivity contribution is -0.130. The molecule has 2 aromatic rings. The molecule has 0 aliphatic carbocycles. The van der Waals surface area contributed by atoms with Gasteiger partial charge in [-0.05, 0) is 37.6 Å². The van der Waals surface area contributed by atoms with Crippen molar-refractivity contribution in [2.45, 2.75) is 32.9 Å². The first kappa shape index (κ1) is 20.2. The summed E-state index contributed by atoms with van der Waals surface area (Å²) in [4.78, 5) is 38.3. The van der Waals surface area contributed by atoms with E-state index in [-0.39, 0.29) is 18.2 Å². The number of methoxy groups -OCH3 is 1. The van der Waals surface area contributed by atoms with E-state index < -0.39 is 17.8 Å². The van der Waals surface area contributed by atoms with E-state index >= 15 is 0 Å². The first-order valence-corrected chi connectivity index (χ1v) is 9.19. The van der Waals surface area contributed by atoms with E-state index in [1.54, 1.807) is 30.3 Å². The predicted molar refractivity (Wildman–Crippen MR) is 104 cm³/mol. The standard InChI is InChI=1S/C21H22N2O6/c1-4-13(2)29-18-14(7-5-9-17(18)27-3)11-16-19(24)22-21(26)23(20(16)25)12-15-8-6-10-28-15/h5-11,13H,4,12H2,1-3H3,(H,22,24,26). The van der Waals surface area contributed by atoms with Gasteiger partial charge in [-0.25, -0.2) is 4.79 Å². The van der Waals surface area contributed by atoms with Gasteiger partial charge in [-0.1, -0.05) is 19.1 Å². The number of carbonyl (C=O) groups is 3. The Balaban J connectivity index is 1.98. The second kappa shape index (κ2) is 8.64. The third kappa shape index (κ3) is 4.31. The Morgan fingerprint density at radius 2 is 2.00 bits per heavy atom. The molecule has 1 N–H and O–H groups in total. The van der Waals surface area contributed by atoms with Gasteiger partial charge in [0.1, 0.15) is 11.3 Å². The van der Waals surface area contributed by atoms with Crippen molar-refractivity contribution < 1.29 is 28.3 Å². The minimum atomic E-state index is -0.796. The van der Waals surface area contributed by atoms with Crippen molar-refractivity contribution in [2.75, 3.05) is 7.11 Å². The highest BCUT2D eigenvalue weighted by Gasteiger charge is 2.36. The van der Waals surface area contributed by atoms with Gasteiger partial charge in [0, 0.05) is 5.56 Å². The Morgan fingerprint density at radius 3 is 2.66 bits per heavy atom. The number of nitrogens with zero attached hydrogens (tertiary/aromatic N) is 1. The van der Waals surface area contributed by atoms with Crippen LogP contribution in [0, 0.1) is 0 Å². The number of para-hydroxylation sites is 1. The first-order chi connectivity index (χ1) is 13.9. The molecule has 1 aromatic carbocycles. The van der Waals surface area contributed by atoms with Crippen molar-refractivity contribution in [2.24, 2.45) is 0 Å². The maximum Gasteiger partial charge on any atom is 0.331 e. The lowest BCUT2D eigenvalue weighted by Gasteiger charge is -2.26. The molecule has 1 fully saturated rings. The molecule has 152 valence electrons. The Kier molecular flexibility index (Phi) is 6.01. The number of urea groups is 1. The van der Waals surface area contributed by atoms with E-state index in [0.717, 1.165) is 11.3 Å². The molecule has 0 radical (unpaired) electrons. The summed E-state index contributed by atoms with van der Waals surface area (Å²) in [6.07, 6.45) is 3.51. The molecule has 1 saturated heterocycles. The molecule has 8 heteroatoms. The van der Waals surface area contributed by atoms with Crippen LogP contribution in [0.2, 0.25) is 0 Å². The smallest absolute Gasteiger partial charge is 0.331 e. The Bertz CT molecular complexity index is 948. The lowest BCUT2D eigenvalue weighted by Crippen LogP contribution is -2.53. The maximum absolute atomic E-state index is 12.9. The van der Waals surface area contributed by atoms with Gasteiger partial charge in [-0.2, -0.15) is 0 Å². The summed E-state index contributed by atoms with van der Waals surface area (Å²) < 4.78 is 16.5. The van der Waals surface area contributed by atoms with Gasteiger partial charge < -0.3 is 13.9 Å². The molecule has 1 unspecified atom stereocenters. The summed E-state index contributed by atoms with van der Waals surface area (Å²) in [5.74, 6) is -0.163. The molecule has 1 aliphatic rings. The summed E-state index contributed by atoms with van der Waals surface area (Å²) >= 11 is 0. The molecule has 0 bridgehead atoms. The van der Waals surface area contributed by atoms with Crippen molar-refractivity contribution in [3.63, 3.8) is 0 Å². The largest absolute Gasteiger partial charge is 0.493 e. The van der Waals surface area contributed by atoms with Gasteiger partial charge in [-0.3, -0.25) is 19.8 Å². The number of benzene rings is 1. The van der Waals surface area contributed by atoms with E-state index in [2.05, 4.69) is 5.32 Å². The first-order valence-electron chi connectivity index (χ1n) is 9.19. The molecule has 1 aliphatic heterocycles. The van der Waals surface area contributed by atoms with Crippen LogP contribution in [0.1, 0.15) is 31.6 Å². The molecule has 0 saturated carbocycles. The van der Waals surface area contributed by atoms with Crippen molar-refractivity contribution in [1.82, 2.24) is 10.2 Å². The number of carbonyl (C=O) groups excluding carboxylic acids is 3. The van der Waals surface area contributed by atoms with E-state index in [0.29, 0.717) is 22.8 Å². The number of imide groups is 2. The average molecular weight is 398 g/mol. The fourth-order valence-corrected chi connectivity index (χ4v) is 2.77. The molecule has 1 atom stereocenters. The zero-order valence-corrected chi connectivity index (χ0v) is 16.4. The SMILES string of the molecule is CCC(C)Oc1c(C=C2C(=O)NC(=O)N(Cc3ccco3)C2=O)cccc1OC. The minimum absolute atomic E-state index is 0.0867.